The Bertz CT molecular complexity index is 494. The number of benzene rings is 1. The molecule has 94 valence electrons. The second-order valence-corrected chi connectivity index (χ2v) is 5.88. The summed E-state index contributed by atoms with van der Waals surface area (Å²) in [7, 11) is 0. The van der Waals surface area contributed by atoms with Gasteiger partial charge in [-0.15, -0.1) is 0 Å². The van der Waals surface area contributed by atoms with E-state index in [4.69, 9.17) is 21.6 Å². The van der Waals surface area contributed by atoms with Crippen LogP contribution < -0.4 is 4.74 Å². The number of halogens is 1. The van der Waals surface area contributed by atoms with E-state index >= 15 is 0 Å². The fourth-order valence-electron chi connectivity index (χ4n) is 3.51. The summed E-state index contributed by atoms with van der Waals surface area (Å²) >= 11 is 5.99. The van der Waals surface area contributed by atoms with Gasteiger partial charge < -0.3 is 4.74 Å². The third-order valence-corrected chi connectivity index (χ3v) is 4.74. The summed E-state index contributed by atoms with van der Waals surface area (Å²) in [5.74, 6) is 3.08. The quantitative estimate of drug-likeness (QED) is 0.823. The summed E-state index contributed by atoms with van der Waals surface area (Å²) in [6, 6.07) is 7.51. The maximum Gasteiger partial charge on any atom is 0.138 e. The summed E-state index contributed by atoms with van der Waals surface area (Å²) < 4.78 is 5.84. The highest BCUT2D eigenvalue weighted by atomic mass is 35.5. The summed E-state index contributed by atoms with van der Waals surface area (Å²) in [4.78, 5) is 0. The Morgan fingerprint density at radius 2 is 2.22 bits per heavy atom. The topological polar surface area (TPSA) is 33.0 Å². The molecular weight excluding hydrogens is 246 g/mol. The molecule has 2 fully saturated rings. The Balaban J connectivity index is 1.67. The molecule has 2 aliphatic rings. The van der Waals surface area contributed by atoms with Gasteiger partial charge in [0.2, 0.25) is 0 Å². The molecule has 3 heteroatoms. The maximum absolute atomic E-state index is 9.08. The average molecular weight is 262 g/mol. The van der Waals surface area contributed by atoms with Gasteiger partial charge in [-0.25, -0.2) is 0 Å². The van der Waals surface area contributed by atoms with Crippen molar-refractivity contribution in [1.82, 2.24) is 0 Å². The van der Waals surface area contributed by atoms with Crippen LogP contribution in [0, 0.1) is 29.1 Å². The number of ether oxygens (including phenoxy) is 1. The molecular formula is C15H16ClNO. The number of nitriles is 1. The highest BCUT2D eigenvalue weighted by molar-refractivity contribution is 6.31. The molecule has 0 amide bonds. The number of nitrogens with zero attached hydrogens (tertiary/aromatic N) is 1. The third-order valence-electron chi connectivity index (χ3n) is 4.42. The molecule has 18 heavy (non-hydrogen) atoms. The lowest BCUT2D eigenvalue weighted by molar-refractivity contribution is 0.195. The fourth-order valence-corrected chi connectivity index (χ4v) is 3.72. The van der Waals surface area contributed by atoms with Gasteiger partial charge in [-0.3, -0.25) is 0 Å². The summed E-state index contributed by atoms with van der Waals surface area (Å²) in [6.45, 7) is 0.732. The van der Waals surface area contributed by atoms with Gasteiger partial charge in [0.05, 0.1) is 11.6 Å². The van der Waals surface area contributed by atoms with Crippen LogP contribution in [0.5, 0.6) is 5.75 Å². The minimum Gasteiger partial charge on any atom is -0.492 e. The standard InChI is InChI=1S/C15H16ClNO/c16-14-2-1-3-15(13(14)8-17)18-9-12-7-10-4-5-11(12)6-10/h1-3,10-12H,4-7,9H2. The van der Waals surface area contributed by atoms with E-state index in [9.17, 15) is 0 Å². The van der Waals surface area contributed by atoms with Gasteiger partial charge >= 0.3 is 0 Å². The molecule has 3 unspecified atom stereocenters. The van der Waals surface area contributed by atoms with Crippen molar-refractivity contribution in [2.45, 2.75) is 25.7 Å². The smallest absolute Gasteiger partial charge is 0.138 e. The van der Waals surface area contributed by atoms with Crippen LogP contribution in [0.25, 0.3) is 0 Å². The van der Waals surface area contributed by atoms with Crippen molar-refractivity contribution in [1.29, 1.82) is 5.26 Å². The van der Waals surface area contributed by atoms with Crippen LogP contribution in [0.2, 0.25) is 5.02 Å². The second kappa shape index (κ2) is 4.82. The zero-order valence-electron chi connectivity index (χ0n) is 10.2. The van der Waals surface area contributed by atoms with Crippen LogP contribution in [-0.4, -0.2) is 6.61 Å². The Kier molecular flexibility index (Phi) is 3.18. The van der Waals surface area contributed by atoms with Gasteiger partial charge in [0.1, 0.15) is 17.4 Å². The summed E-state index contributed by atoms with van der Waals surface area (Å²) in [5.41, 5.74) is 0.460. The lowest BCUT2D eigenvalue weighted by atomic mass is 9.89. The van der Waals surface area contributed by atoms with E-state index in [2.05, 4.69) is 6.07 Å². The van der Waals surface area contributed by atoms with Crippen LogP contribution >= 0.6 is 11.6 Å². The number of hydrogen-bond acceptors (Lipinski definition) is 2. The molecule has 1 aromatic rings. The normalized spacial score (nSPS) is 29.2. The first kappa shape index (κ1) is 11.9. The van der Waals surface area contributed by atoms with Gasteiger partial charge in [0.25, 0.3) is 0 Å². The van der Waals surface area contributed by atoms with Crippen molar-refractivity contribution in [3.05, 3.63) is 28.8 Å². The van der Waals surface area contributed by atoms with Crippen molar-refractivity contribution in [2.24, 2.45) is 17.8 Å². The summed E-state index contributed by atoms with van der Waals surface area (Å²) in [6.07, 6.45) is 5.45. The lowest BCUT2D eigenvalue weighted by Crippen LogP contribution is -2.18. The number of fused-ring (bicyclic) bond motifs is 2. The first-order chi connectivity index (χ1) is 8.78. The van der Waals surface area contributed by atoms with E-state index in [-0.39, 0.29) is 0 Å². The monoisotopic (exact) mass is 261 g/mol. The molecule has 0 spiro atoms. The predicted molar refractivity (Wildman–Crippen MR) is 70.6 cm³/mol. The second-order valence-electron chi connectivity index (χ2n) is 5.47. The van der Waals surface area contributed by atoms with Gasteiger partial charge in [0, 0.05) is 0 Å². The van der Waals surface area contributed by atoms with E-state index < -0.39 is 0 Å². The molecule has 3 rings (SSSR count). The predicted octanol–water partition coefficient (Wildman–Crippen LogP) is 4.03. The molecule has 0 heterocycles. The molecule has 3 atom stereocenters. The van der Waals surface area contributed by atoms with Crippen molar-refractivity contribution in [3.8, 4) is 11.8 Å². The van der Waals surface area contributed by atoms with E-state index in [0.717, 1.165) is 18.4 Å². The molecule has 2 nitrogen and oxygen atoms in total. The molecule has 0 aliphatic heterocycles. The van der Waals surface area contributed by atoms with Gasteiger partial charge in [-0.05, 0) is 49.1 Å². The molecule has 0 radical (unpaired) electrons. The minimum absolute atomic E-state index is 0.460. The van der Waals surface area contributed by atoms with Crippen LogP contribution in [0.3, 0.4) is 0 Å². The zero-order valence-corrected chi connectivity index (χ0v) is 11.0. The highest BCUT2D eigenvalue weighted by Crippen LogP contribution is 2.48. The third kappa shape index (κ3) is 2.08. The van der Waals surface area contributed by atoms with Crippen molar-refractivity contribution in [3.63, 3.8) is 0 Å². The largest absolute Gasteiger partial charge is 0.492 e. The minimum atomic E-state index is 0.460. The van der Waals surface area contributed by atoms with Gasteiger partial charge in [-0.2, -0.15) is 5.26 Å². The van der Waals surface area contributed by atoms with Crippen molar-refractivity contribution in [2.75, 3.05) is 6.61 Å². The SMILES string of the molecule is N#Cc1c(Cl)cccc1OCC1CC2CCC1C2. The van der Waals surface area contributed by atoms with E-state index in [1.54, 1.807) is 6.07 Å². The Morgan fingerprint density at radius 3 is 2.89 bits per heavy atom. The van der Waals surface area contributed by atoms with Gasteiger partial charge in [0.15, 0.2) is 0 Å². The van der Waals surface area contributed by atoms with Crippen LogP contribution in [0.4, 0.5) is 0 Å². The van der Waals surface area contributed by atoms with Crippen LogP contribution in [0.1, 0.15) is 31.2 Å². The zero-order chi connectivity index (χ0) is 12.5. The first-order valence-corrected chi connectivity index (χ1v) is 6.97. The fraction of sp³-hybridized carbons (Fsp3) is 0.533. The first-order valence-electron chi connectivity index (χ1n) is 6.59. The van der Waals surface area contributed by atoms with Crippen LogP contribution in [-0.2, 0) is 0 Å². The maximum atomic E-state index is 9.08. The average Bonchev–Trinajstić information content (AvgIpc) is 2.98. The highest BCUT2D eigenvalue weighted by Gasteiger charge is 2.39. The lowest BCUT2D eigenvalue weighted by Gasteiger charge is -2.22. The van der Waals surface area contributed by atoms with E-state index in [0.29, 0.717) is 22.3 Å². The van der Waals surface area contributed by atoms with Gasteiger partial charge in [-0.1, -0.05) is 24.1 Å². The summed E-state index contributed by atoms with van der Waals surface area (Å²) in [5, 5.41) is 9.56. The Hall–Kier alpha value is -1.20. The molecule has 2 saturated carbocycles. The Morgan fingerprint density at radius 1 is 1.33 bits per heavy atom. The molecule has 0 aromatic heterocycles. The van der Waals surface area contributed by atoms with E-state index in [1.807, 2.05) is 12.1 Å². The van der Waals surface area contributed by atoms with Crippen molar-refractivity contribution >= 4 is 11.6 Å². The number of hydrogen-bond donors (Lipinski definition) is 0. The number of rotatable bonds is 3. The molecule has 0 N–H and O–H groups in total. The van der Waals surface area contributed by atoms with Crippen LogP contribution in [0.15, 0.2) is 18.2 Å². The van der Waals surface area contributed by atoms with E-state index in [1.165, 1.54) is 25.7 Å². The molecule has 2 bridgehead atoms. The molecule has 0 saturated heterocycles. The van der Waals surface area contributed by atoms with Crippen molar-refractivity contribution < 1.29 is 4.74 Å². The molecule has 1 aromatic carbocycles. The Labute approximate surface area is 113 Å². The molecule has 2 aliphatic carbocycles.